The van der Waals surface area contributed by atoms with Crippen LogP contribution in [0.5, 0.6) is 0 Å². The average Bonchev–Trinajstić information content (AvgIpc) is 1.98. The van der Waals surface area contributed by atoms with Gasteiger partial charge in [0, 0.05) is 0 Å². The fraction of sp³-hybridized carbons (Fsp3) is 0.667. The van der Waals surface area contributed by atoms with Crippen molar-refractivity contribution in [1.29, 1.82) is 0 Å². The van der Waals surface area contributed by atoms with Gasteiger partial charge >= 0.3 is 11.9 Å². The van der Waals surface area contributed by atoms with Gasteiger partial charge in [-0.15, -0.1) is 0 Å². The summed E-state index contributed by atoms with van der Waals surface area (Å²) in [6.07, 6.45) is 0. The summed E-state index contributed by atoms with van der Waals surface area (Å²) in [5.41, 5.74) is 4.67. The average molecular weight is 176 g/mol. The minimum Gasteiger partial charge on any atom is -0.480 e. The van der Waals surface area contributed by atoms with Crippen LogP contribution in [0.4, 0.5) is 0 Å². The Morgan fingerprint density at radius 1 is 1.00 bits per heavy atom. The summed E-state index contributed by atoms with van der Waals surface area (Å²) in [4.78, 5) is 20.5. The van der Waals surface area contributed by atoms with Gasteiger partial charge in [-0.1, -0.05) is 0 Å². The molecule has 0 bridgehead atoms. The number of rotatable bonds is 5. The maximum absolute atomic E-state index is 10.2. The number of nitrogens with one attached hydrogen (secondary N) is 2. The topological polar surface area (TPSA) is 98.7 Å². The van der Waals surface area contributed by atoms with Crippen molar-refractivity contribution in [3.05, 3.63) is 0 Å². The number of hydrogen-bond acceptors (Lipinski definition) is 4. The van der Waals surface area contributed by atoms with Crippen LogP contribution in [-0.2, 0) is 9.59 Å². The zero-order valence-corrected chi connectivity index (χ0v) is 6.87. The van der Waals surface area contributed by atoms with Crippen LogP contribution in [0, 0.1) is 0 Å². The molecule has 4 N–H and O–H groups in total. The summed E-state index contributed by atoms with van der Waals surface area (Å²) in [5, 5.41) is 16.8. The molecular weight excluding hydrogens is 164 g/mol. The SMILES string of the molecule is C[C@H](NN[C@@H](C)C(=O)O)C(=O)O. The number of carboxylic acid groups (broad SMARTS) is 2. The standard InChI is InChI=1S/C6H12N2O4/c1-3(5(9)10)7-8-4(2)6(11)12/h3-4,7-8H,1-2H3,(H,9,10)(H,11,12)/t3-,4-/m0/s1. The molecule has 2 atom stereocenters. The Labute approximate surface area is 69.5 Å². The van der Waals surface area contributed by atoms with Gasteiger partial charge in [0.15, 0.2) is 0 Å². The molecule has 0 aliphatic heterocycles. The number of aliphatic carboxylic acids is 2. The number of hydrazine groups is 1. The fourth-order valence-corrected chi connectivity index (χ4v) is 0.373. The van der Waals surface area contributed by atoms with E-state index < -0.39 is 24.0 Å². The number of carboxylic acids is 2. The molecule has 0 fully saturated rings. The minimum atomic E-state index is -1.04. The highest BCUT2D eigenvalue weighted by Gasteiger charge is 2.14. The van der Waals surface area contributed by atoms with Gasteiger partial charge in [0.1, 0.15) is 12.1 Å². The van der Waals surface area contributed by atoms with E-state index in [2.05, 4.69) is 10.9 Å². The highest BCUT2D eigenvalue weighted by molar-refractivity contribution is 5.74. The predicted molar refractivity (Wildman–Crippen MR) is 40.5 cm³/mol. The molecule has 0 aliphatic carbocycles. The summed E-state index contributed by atoms with van der Waals surface area (Å²) in [6.45, 7) is 2.81. The lowest BCUT2D eigenvalue weighted by Crippen LogP contribution is -2.50. The molecule has 70 valence electrons. The Bertz CT molecular complexity index is 162. The fourth-order valence-electron chi connectivity index (χ4n) is 0.373. The second kappa shape index (κ2) is 4.68. The molecule has 0 aromatic carbocycles. The van der Waals surface area contributed by atoms with Crippen LogP contribution in [0.25, 0.3) is 0 Å². The van der Waals surface area contributed by atoms with Crippen LogP contribution in [0.3, 0.4) is 0 Å². The van der Waals surface area contributed by atoms with E-state index in [4.69, 9.17) is 10.2 Å². The van der Waals surface area contributed by atoms with Crippen LogP contribution >= 0.6 is 0 Å². The zero-order chi connectivity index (χ0) is 9.72. The summed E-state index contributed by atoms with van der Waals surface area (Å²) in [7, 11) is 0. The lowest BCUT2D eigenvalue weighted by molar-refractivity contribution is -0.142. The molecule has 0 spiro atoms. The number of carbonyl (C=O) groups is 2. The van der Waals surface area contributed by atoms with E-state index >= 15 is 0 Å². The smallest absolute Gasteiger partial charge is 0.321 e. The first-order chi connectivity index (χ1) is 5.45. The monoisotopic (exact) mass is 176 g/mol. The Balaban J connectivity index is 3.68. The van der Waals surface area contributed by atoms with Crippen LogP contribution in [0.2, 0.25) is 0 Å². The molecule has 0 radical (unpaired) electrons. The highest BCUT2D eigenvalue weighted by atomic mass is 16.4. The van der Waals surface area contributed by atoms with Gasteiger partial charge in [0.2, 0.25) is 0 Å². The molecule has 0 unspecified atom stereocenters. The first-order valence-corrected chi connectivity index (χ1v) is 3.41. The molecular formula is C6H12N2O4. The van der Waals surface area contributed by atoms with Gasteiger partial charge in [0.05, 0.1) is 0 Å². The first-order valence-electron chi connectivity index (χ1n) is 3.41. The minimum absolute atomic E-state index is 0.813. The molecule has 6 nitrogen and oxygen atoms in total. The molecule has 6 heteroatoms. The van der Waals surface area contributed by atoms with Crippen molar-refractivity contribution in [2.24, 2.45) is 0 Å². The van der Waals surface area contributed by atoms with Crippen molar-refractivity contribution >= 4 is 11.9 Å². The van der Waals surface area contributed by atoms with Crippen molar-refractivity contribution in [2.45, 2.75) is 25.9 Å². The van der Waals surface area contributed by atoms with E-state index in [1.165, 1.54) is 13.8 Å². The lowest BCUT2D eigenvalue weighted by atomic mass is 10.3. The van der Waals surface area contributed by atoms with Gasteiger partial charge in [-0.05, 0) is 13.8 Å². The second-order valence-corrected chi connectivity index (χ2v) is 2.41. The Morgan fingerprint density at radius 2 is 1.25 bits per heavy atom. The lowest BCUT2D eigenvalue weighted by Gasteiger charge is -2.13. The van der Waals surface area contributed by atoms with Crippen LogP contribution in [-0.4, -0.2) is 34.2 Å². The second-order valence-electron chi connectivity index (χ2n) is 2.41. The molecule has 0 saturated heterocycles. The Hall–Kier alpha value is -1.14. The van der Waals surface area contributed by atoms with E-state index in [0.29, 0.717) is 0 Å². The van der Waals surface area contributed by atoms with Crippen molar-refractivity contribution < 1.29 is 19.8 Å². The molecule has 0 heterocycles. The quantitative estimate of drug-likeness (QED) is 0.402. The van der Waals surface area contributed by atoms with E-state index in [1.54, 1.807) is 0 Å². The molecule has 12 heavy (non-hydrogen) atoms. The van der Waals surface area contributed by atoms with Crippen molar-refractivity contribution in [1.82, 2.24) is 10.9 Å². The molecule has 0 rings (SSSR count). The third-order valence-corrected chi connectivity index (χ3v) is 1.26. The highest BCUT2D eigenvalue weighted by Crippen LogP contribution is 1.81. The maximum Gasteiger partial charge on any atom is 0.321 e. The molecule has 0 aliphatic rings. The molecule has 0 aromatic heterocycles. The van der Waals surface area contributed by atoms with Crippen LogP contribution in [0.15, 0.2) is 0 Å². The Kier molecular flexibility index (Phi) is 4.24. The summed E-state index contributed by atoms with van der Waals surface area (Å²) >= 11 is 0. The van der Waals surface area contributed by atoms with Gasteiger partial charge in [0.25, 0.3) is 0 Å². The van der Waals surface area contributed by atoms with E-state index in [-0.39, 0.29) is 0 Å². The number of hydrogen-bond donors (Lipinski definition) is 4. The molecule has 0 aromatic rings. The summed E-state index contributed by atoms with van der Waals surface area (Å²) < 4.78 is 0. The van der Waals surface area contributed by atoms with Gasteiger partial charge in [-0.25, -0.2) is 10.9 Å². The van der Waals surface area contributed by atoms with E-state index in [9.17, 15) is 9.59 Å². The van der Waals surface area contributed by atoms with E-state index in [1.807, 2.05) is 0 Å². The van der Waals surface area contributed by atoms with Gasteiger partial charge in [-0.3, -0.25) is 9.59 Å². The van der Waals surface area contributed by atoms with Crippen molar-refractivity contribution in [3.8, 4) is 0 Å². The molecule has 0 amide bonds. The van der Waals surface area contributed by atoms with Crippen molar-refractivity contribution in [2.75, 3.05) is 0 Å². The van der Waals surface area contributed by atoms with Gasteiger partial charge < -0.3 is 10.2 Å². The van der Waals surface area contributed by atoms with Gasteiger partial charge in [-0.2, -0.15) is 0 Å². The Morgan fingerprint density at radius 3 is 1.42 bits per heavy atom. The van der Waals surface area contributed by atoms with Crippen LogP contribution in [0.1, 0.15) is 13.8 Å². The summed E-state index contributed by atoms with van der Waals surface area (Å²) in [5.74, 6) is -2.08. The third kappa shape index (κ3) is 3.89. The first kappa shape index (κ1) is 10.9. The largest absolute Gasteiger partial charge is 0.480 e. The third-order valence-electron chi connectivity index (χ3n) is 1.26. The normalized spacial score (nSPS) is 15.2. The van der Waals surface area contributed by atoms with Crippen molar-refractivity contribution in [3.63, 3.8) is 0 Å². The van der Waals surface area contributed by atoms with E-state index in [0.717, 1.165) is 0 Å². The molecule has 0 saturated carbocycles. The van der Waals surface area contributed by atoms with Crippen LogP contribution < -0.4 is 10.9 Å². The predicted octanol–water partition coefficient (Wildman–Crippen LogP) is -0.973. The maximum atomic E-state index is 10.2. The summed E-state index contributed by atoms with van der Waals surface area (Å²) in [6, 6.07) is -1.63. The zero-order valence-electron chi connectivity index (χ0n) is 6.87.